The molecule has 6 N–H and O–H groups in total. The molecule has 104 valence electrons. The number of halogens is 2. The number of amides is 2. The minimum Gasteiger partial charge on any atom is -1.00 e. The van der Waals surface area contributed by atoms with Crippen LogP contribution in [-0.2, 0) is 29.1 Å². The first-order valence-corrected chi connectivity index (χ1v) is 4.69. The Morgan fingerprint density at radius 2 is 1.79 bits per heavy atom. The van der Waals surface area contributed by atoms with E-state index < -0.39 is 0 Å². The maximum absolute atomic E-state index is 10.5. The molecule has 11 heteroatoms. The molecule has 0 saturated carbocycles. The van der Waals surface area contributed by atoms with Crippen molar-refractivity contribution < 1.29 is 64.2 Å². The van der Waals surface area contributed by atoms with Crippen LogP contribution in [-0.4, -0.2) is 60.4 Å². The molecule has 0 bridgehead atoms. The van der Waals surface area contributed by atoms with Gasteiger partial charge in [-0.2, -0.15) is 5.32 Å². The number of carbonyl (C=O) groups is 2. The van der Waals surface area contributed by atoms with Gasteiger partial charge in [0.25, 0.3) is 0 Å². The standard InChI is InChI=1S/2C4H7N3O.2ClH.Zn/c2*1-7-2-3(8)6-4(7)5;;;/h2*2H2,1H3,(H2,5,6,8);2*1H;/q;;;;+2. The van der Waals surface area contributed by atoms with E-state index in [9.17, 15) is 9.59 Å². The number of likely N-dealkylation sites (N-methyl/N-ethyl adjacent to an activating group) is 2. The summed E-state index contributed by atoms with van der Waals surface area (Å²) in [6.07, 6.45) is 0. The van der Waals surface area contributed by atoms with Gasteiger partial charge >= 0.3 is 31.3 Å². The molecule has 0 aromatic carbocycles. The van der Waals surface area contributed by atoms with E-state index in [4.69, 9.17) is 5.41 Å². The molecule has 1 fully saturated rings. The van der Waals surface area contributed by atoms with Gasteiger partial charge in [0.05, 0.1) is 13.6 Å². The second kappa shape index (κ2) is 10.1. The Kier molecular flexibility index (Phi) is 12.4. The number of nitrogens with zero attached hydrogens (tertiary/aromatic N) is 2. The fraction of sp³-hybridized carbons (Fsp3) is 0.500. The predicted molar refractivity (Wildman–Crippen MR) is 55.6 cm³/mol. The molecule has 2 aliphatic rings. The zero-order chi connectivity index (χ0) is 12.3. The first kappa shape index (κ1) is 23.3. The minimum absolute atomic E-state index is 0. The monoisotopic (exact) mass is 362 g/mol. The maximum atomic E-state index is 10.5. The van der Waals surface area contributed by atoms with Crippen molar-refractivity contribution in [1.82, 2.24) is 15.5 Å². The number of guanidine groups is 2. The van der Waals surface area contributed by atoms with Crippen LogP contribution in [0, 0.1) is 5.41 Å². The largest absolute Gasteiger partial charge is 2.00 e. The van der Waals surface area contributed by atoms with Crippen LogP contribution in [0.1, 0.15) is 0 Å². The Hall–Kier alpha value is -0.757. The summed E-state index contributed by atoms with van der Waals surface area (Å²) in [6.45, 7) is 0.762. The van der Waals surface area contributed by atoms with Crippen LogP contribution in [0.25, 0.3) is 0 Å². The Bertz CT molecular complexity index is 373. The second-order valence-electron chi connectivity index (χ2n) is 3.60. The normalized spacial score (nSPS) is 16.4. The summed E-state index contributed by atoms with van der Waals surface area (Å²) in [7, 11) is 3.51. The summed E-state index contributed by atoms with van der Waals surface area (Å²) in [4.78, 5) is 22.4. The van der Waals surface area contributed by atoms with Crippen molar-refractivity contribution in [3.05, 3.63) is 0 Å². The van der Waals surface area contributed by atoms with Crippen LogP contribution in [0.2, 0.25) is 0 Å². The molecule has 8 nitrogen and oxygen atoms in total. The molecule has 2 amide bonds. The SMILES string of the molecule is CN1CC(=O)NC1=N.C[N+]1=C([NH3+])NC(=O)C1.[Cl-].[Cl-].[Zn+2]. The topological polar surface area (TPSA) is 116 Å². The summed E-state index contributed by atoms with van der Waals surface area (Å²) in [5.74, 6) is 0.806. The van der Waals surface area contributed by atoms with Crippen molar-refractivity contribution in [3.8, 4) is 0 Å². The van der Waals surface area contributed by atoms with Gasteiger partial charge in [-0.1, -0.05) is 0 Å². The molecule has 2 aliphatic heterocycles. The maximum Gasteiger partial charge on any atom is 2.00 e. The van der Waals surface area contributed by atoms with Crippen molar-refractivity contribution in [2.75, 3.05) is 27.2 Å². The average Bonchev–Trinajstić information content (AvgIpc) is 2.58. The van der Waals surface area contributed by atoms with E-state index in [1.54, 1.807) is 16.5 Å². The third kappa shape index (κ3) is 7.42. The fourth-order valence-corrected chi connectivity index (χ4v) is 1.17. The summed E-state index contributed by atoms with van der Waals surface area (Å²) in [5.41, 5.74) is 3.58. The van der Waals surface area contributed by atoms with E-state index in [2.05, 4.69) is 16.4 Å². The molecule has 2 heterocycles. The van der Waals surface area contributed by atoms with Gasteiger partial charge in [0.2, 0.25) is 5.91 Å². The van der Waals surface area contributed by atoms with E-state index >= 15 is 0 Å². The Morgan fingerprint density at radius 1 is 1.26 bits per heavy atom. The van der Waals surface area contributed by atoms with Gasteiger partial charge in [0, 0.05) is 7.05 Å². The predicted octanol–water partition coefficient (Wildman–Crippen LogP) is -9.66. The van der Waals surface area contributed by atoms with E-state index in [-0.39, 0.29) is 62.1 Å². The summed E-state index contributed by atoms with van der Waals surface area (Å²) in [6, 6.07) is 0. The summed E-state index contributed by atoms with van der Waals surface area (Å²) >= 11 is 0. The number of nitrogens with one attached hydrogen (secondary N) is 3. The van der Waals surface area contributed by atoms with Crippen LogP contribution < -0.4 is 41.2 Å². The van der Waals surface area contributed by atoms with E-state index in [1.165, 1.54) is 0 Å². The van der Waals surface area contributed by atoms with Gasteiger partial charge in [-0.05, 0) is 0 Å². The smallest absolute Gasteiger partial charge is 1.00 e. The Morgan fingerprint density at radius 3 is 1.89 bits per heavy atom. The van der Waals surface area contributed by atoms with Crippen LogP contribution in [0.5, 0.6) is 0 Å². The van der Waals surface area contributed by atoms with E-state index in [1.807, 2.05) is 7.05 Å². The first-order valence-electron chi connectivity index (χ1n) is 4.69. The zero-order valence-corrected chi connectivity index (χ0v) is 15.3. The summed E-state index contributed by atoms with van der Waals surface area (Å²) in [5, 5.41) is 11.9. The van der Waals surface area contributed by atoms with Gasteiger partial charge in [0.15, 0.2) is 12.5 Å². The van der Waals surface area contributed by atoms with Crippen molar-refractivity contribution >= 4 is 23.7 Å². The quantitative estimate of drug-likeness (QED) is 0.253. The van der Waals surface area contributed by atoms with Crippen LogP contribution in [0.4, 0.5) is 0 Å². The van der Waals surface area contributed by atoms with Crippen molar-refractivity contribution in [2.45, 2.75) is 0 Å². The number of rotatable bonds is 0. The van der Waals surface area contributed by atoms with Gasteiger partial charge in [-0.25, -0.2) is 9.37 Å². The van der Waals surface area contributed by atoms with Gasteiger partial charge in [-0.3, -0.25) is 21.3 Å². The Labute approximate surface area is 136 Å². The molecule has 0 aromatic heterocycles. The van der Waals surface area contributed by atoms with Gasteiger partial charge < -0.3 is 29.7 Å². The third-order valence-electron chi connectivity index (χ3n) is 2.15. The van der Waals surface area contributed by atoms with Crippen molar-refractivity contribution in [1.29, 1.82) is 5.41 Å². The molecular weight excluding hydrogens is 348 g/mol. The van der Waals surface area contributed by atoms with Crippen molar-refractivity contribution in [3.63, 3.8) is 0 Å². The molecule has 0 atom stereocenters. The van der Waals surface area contributed by atoms with Crippen LogP contribution >= 0.6 is 0 Å². The number of hydrogen-bond acceptors (Lipinski definition) is 3. The summed E-state index contributed by atoms with van der Waals surface area (Å²) < 4.78 is 1.77. The van der Waals surface area contributed by atoms with Crippen molar-refractivity contribution in [2.24, 2.45) is 0 Å². The molecular formula is C8H16Cl2N6O2Zn+2. The fourth-order valence-electron chi connectivity index (χ4n) is 1.17. The van der Waals surface area contributed by atoms with Gasteiger partial charge in [-0.15, -0.1) is 0 Å². The molecule has 2 rings (SSSR count). The molecule has 1 saturated heterocycles. The third-order valence-corrected chi connectivity index (χ3v) is 2.15. The zero-order valence-electron chi connectivity index (χ0n) is 10.8. The molecule has 0 radical (unpaired) electrons. The van der Waals surface area contributed by atoms with E-state index in [0.29, 0.717) is 19.0 Å². The average molecular weight is 365 g/mol. The molecule has 0 aliphatic carbocycles. The molecule has 0 unspecified atom stereocenters. The number of carbonyl (C=O) groups excluding carboxylic acids is 2. The van der Waals surface area contributed by atoms with E-state index in [0.717, 1.165) is 0 Å². The molecule has 0 aromatic rings. The Balaban J connectivity index is -0.000000233. The number of hydrogen-bond donors (Lipinski definition) is 4. The molecule has 0 spiro atoms. The number of quaternary nitrogens is 1. The minimum atomic E-state index is -0.0995. The second-order valence-corrected chi connectivity index (χ2v) is 3.60. The van der Waals surface area contributed by atoms with Gasteiger partial charge in [0.1, 0.15) is 0 Å². The van der Waals surface area contributed by atoms with Crippen LogP contribution in [0.15, 0.2) is 0 Å². The van der Waals surface area contributed by atoms with Crippen LogP contribution in [0.3, 0.4) is 0 Å². The first-order chi connectivity index (χ1) is 7.40. The molecule has 19 heavy (non-hydrogen) atoms.